The number of rotatable bonds is 6. The van der Waals surface area contributed by atoms with E-state index in [1.54, 1.807) is 0 Å². The van der Waals surface area contributed by atoms with Crippen molar-refractivity contribution >= 4 is 139 Å². The Hall–Kier alpha value is -0.760. The van der Waals surface area contributed by atoms with Crippen LogP contribution in [0.25, 0.3) is 0 Å². The number of halogens is 6. The van der Waals surface area contributed by atoms with Crippen LogP contribution in [0.2, 0.25) is 0 Å². The van der Waals surface area contributed by atoms with Crippen LogP contribution in [0.15, 0.2) is 168 Å². The average Bonchev–Trinajstić information content (AvgIpc) is 3.02. The van der Waals surface area contributed by atoms with E-state index >= 15 is 0 Å². The Morgan fingerprint density at radius 1 is 0.279 bits per heavy atom. The molecule has 6 rings (SSSR count). The topological polar surface area (TPSA) is 0 Å². The first kappa shape index (κ1) is 32.2. The van der Waals surface area contributed by atoms with Crippen LogP contribution in [0.5, 0.6) is 0 Å². The monoisotopic (exact) mass is 1110 g/mol. The SMILES string of the molecule is Brc1ccc([Te](c2ccc(Br)cc2)(c2ccc(Br)cc2)(c2ccc(Br)cc2)(c2ccc(Br)cc2)c2ccc(I)cc2)cc1. The fraction of sp³-hybridized carbons (Fsp3) is 0. The van der Waals surface area contributed by atoms with Crippen molar-refractivity contribution < 1.29 is 0 Å². The van der Waals surface area contributed by atoms with Crippen LogP contribution in [0.1, 0.15) is 0 Å². The van der Waals surface area contributed by atoms with Gasteiger partial charge in [0.05, 0.1) is 0 Å². The third-order valence-electron chi connectivity index (χ3n) is 8.42. The van der Waals surface area contributed by atoms with Gasteiger partial charge < -0.3 is 0 Å². The standard InChI is InChI=1S/C36H24Br5ITe/c37-25-1-13-31(14-2-25)43(32-15-3-26(38)4-16-32,33-17-5-27(39)6-18-33,34-19-7-28(40)8-20-34,35-21-9-29(41)10-22-35)36-23-11-30(42)12-24-36/h1-24H. The average molecular weight is 1110 g/mol. The molecule has 216 valence electrons. The number of hydrogen-bond acceptors (Lipinski definition) is 0. The van der Waals surface area contributed by atoms with Gasteiger partial charge in [0.25, 0.3) is 0 Å². The first-order valence-electron chi connectivity index (χ1n) is 13.3. The molecule has 0 fully saturated rings. The van der Waals surface area contributed by atoms with Gasteiger partial charge in [-0.2, -0.15) is 0 Å². The van der Waals surface area contributed by atoms with Gasteiger partial charge in [-0.15, -0.1) is 0 Å². The third-order valence-corrected chi connectivity index (χ3v) is 36.6. The van der Waals surface area contributed by atoms with Gasteiger partial charge >= 0.3 is 311 Å². The van der Waals surface area contributed by atoms with Crippen LogP contribution in [0, 0.1) is 3.57 Å². The van der Waals surface area contributed by atoms with E-state index in [1.165, 1.54) is 25.2 Å². The summed E-state index contributed by atoms with van der Waals surface area (Å²) in [5.41, 5.74) is 0. The zero-order valence-electron chi connectivity index (χ0n) is 22.5. The molecule has 0 saturated heterocycles. The first-order valence-corrected chi connectivity index (χ1v) is 25.3. The predicted molar refractivity (Wildman–Crippen MR) is 213 cm³/mol. The van der Waals surface area contributed by atoms with Crippen molar-refractivity contribution in [3.63, 3.8) is 0 Å². The molecule has 0 heterocycles. The molecule has 6 aromatic carbocycles. The Morgan fingerprint density at radius 2 is 0.442 bits per heavy atom. The van der Waals surface area contributed by atoms with E-state index in [1.807, 2.05) is 0 Å². The van der Waals surface area contributed by atoms with Gasteiger partial charge in [-0.05, 0) is 0 Å². The quantitative estimate of drug-likeness (QED) is 0.115. The summed E-state index contributed by atoms with van der Waals surface area (Å²) in [6.45, 7) is 0. The summed E-state index contributed by atoms with van der Waals surface area (Å²) >= 11 is 15.4. The van der Waals surface area contributed by atoms with Crippen molar-refractivity contribution in [2.24, 2.45) is 0 Å². The van der Waals surface area contributed by atoms with E-state index in [2.05, 4.69) is 248 Å². The molecule has 43 heavy (non-hydrogen) atoms. The van der Waals surface area contributed by atoms with E-state index in [0.29, 0.717) is 0 Å². The van der Waals surface area contributed by atoms with Gasteiger partial charge in [0, 0.05) is 0 Å². The Morgan fingerprint density at radius 3 is 0.628 bits per heavy atom. The second kappa shape index (κ2) is 12.1. The minimum atomic E-state index is -5.88. The Bertz CT molecular complexity index is 1530. The molecule has 0 aliphatic heterocycles. The summed E-state index contributed by atoms with van der Waals surface area (Å²) in [5, 5.41) is 0. The van der Waals surface area contributed by atoms with Gasteiger partial charge in [-0.1, -0.05) is 0 Å². The Kier molecular flexibility index (Phi) is 9.07. The van der Waals surface area contributed by atoms with Crippen LogP contribution in [-0.2, 0) is 0 Å². The van der Waals surface area contributed by atoms with Gasteiger partial charge in [0.1, 0.15) is 0 Å². The third kappa shape index (κ3) is 4.47. The molecule has 0 bridgehead atoms. The van der Waals surface area contributed by atoms with Crippen molar-refractivity contribution in [1.82, 2.24) is 0 Å². The van der Waals surface area contributed by atoms with Crippen molar-refractivity contribution in [2.45, 2.75) is 0 Å². The summed E-state index contributed by atoms with van der Waals surface area (Å²) in [7, 11) is 0. The van der Waals surface area contributed by atoms with E-state index in [-0.39, 0.29) is 0 Å². The normalized spacial score (nSPS) is 13.3. The van der Waals surface area contributed by atoms with Crippen LogP contribution < -0.4 is 21.7 Å². The number of hydrogen-bond donors (Lipinski definition) is 0. The predicted octanol–water partition coefficient (Wildman–Crippen LogP) is 9.20. The van der Waals surface area contributed by atoms with Gasteiger partial charge in [0.2, 0.25) is 0 Å². The summed E-state index contributed by atoms with van der Waals surface area (Å²) in [6, 6.07) is 54.7. The molecule has 0 unspecified atom stereocenters. The molecule has 0 amide bonds. The van der Waals surface area contributed by atoms with Crippen LogP contribution in [0.3, 0.4) is 0 Å². The molecule has 0 radical (unpaired) electrons. The zero-order chi connectivity index (χ0) is 30.3. The van der Waals surface area contributed by atoms with Gasteiger partial charge in [-0.25, -0.2) is 0 Å². The molecule has 0 aliphatic rings. The van der Waals surface area contributed by atoms with Crippen LogP contribution in [0.4, 0.5) is 0 Å². The van der Waals surface area contributed by atoms with E-state index in [0.717, 1.165) is 22.4 Å². The first-order chi connectivity index (χ1) is 20.7. The van der Waals surface area contributed by atoms with Crippen molar-refractivity contribution in [3.05, 3.63) is 172 Å². The molecule has 7 heteroatoms. The van der Waals surface area contributed by atoms with Gasteiger partial charge in [-0.3, -0.25) is 0 Å². The number of benzene rings is 6. The fourth-order valence-electron chi connectivity index (χ4n) is 6.69. The maximum atomic E-state index is 3.77. The van der Waals surface area contributed by atoms with Crippen molar-refractivity contribution in [2.75, 3.05) is 0 Å². The fourth-order valence-corrected chi connectivity index (χ4v) is 34.0. The van der Waals surface area contributed by atoms with Crippen molar-refractivity contribution in [3.8, 4) is 0 Å². The summed E-state index contributed by atoms with van der Waals surface area (Å²) in [4.78, 5) is 0. The summed E-state index contributed by atoms with van der Waals surface area (Å²) < 4.78 is 14.1. The summed E-state index contributed by atoms with van der Waals surface area (Å²) in [6.07, 6.45) is 0. The second-order valence-corrected chi connectivity index (χ2v) is 32.9. The van der Waals surface area contributed by atoms with Gasteiger partial charge in [0.15, 0.2) is 0 Å². The maximum absolute atomic E-state index is 5.88. The molecule has 0 N–H and O–H groups in total. The molecule has 0 aromatic heterocycles. The molecule has 0 aliphatic carbocycles. The second-order valence-electron chi connectivity index (χ2n) is 10.3. The van der Waals surface area contributed by atoms with Crippen LogP contribution >= 0.6 is 102 Å². The Balaban J connectivity index is 2.14. The zero-order valence-corrected chi connectivity index (χ0v) is 35.0. The molecule has 0 atom stereocenters. The Labute approximate surface area is 306 Å². The van der Waals surface area contributed by atoms with E-state index < -0.39 is 15.4 Å². The molecular formula is C36H24Br5ITe. The van der Waals surface area contributed by atoms with Crippen molar-refractivity contribution in [1.29, 1.82) is 0 Å². The molecule has 0 spiro atoms. The van der Waals surface area contributed by atoms with Crippen LogP contribution in [-0.4, -0.2) is 15.4 Å². The molecular weight excluding hydrogens is 1090 g/mol. The molecule has 6 aromatic rings. The molecule has 0 nitrogen and oxygen atoms in total. The minimum absolute atomic E-state index is 1.04. The van der Waals surface area contributed by atoms with E-state index in [9.17, 15) is 0 Å². The van der Waals surface area contributed by atoms with E-state index in [4.69, 9.17) is 0 Å². The molecule has 0 saturated carbocycles. The summed E-state index contributed by atoms with van der Waals surface area (Å²) in [5.74, 6) is 0.